The fourth-order valence-corrected chi connectivity index (χ4v) is 1.72. The molecular weight excluding hydrogens is 272 g/mol. The molecule has 0 saturated carbocycles. The predicted molar refractivity (Wildman–Crippen MR) is 64.1 cm³/mol. The highest BCUT2D eigenvalue weighted by molar-refractivity contribution is 9.10. The third-order valence-corrected chi connectivity index (χ3v) is 2.69. The molecule has 1 heterocycles. The lowest BCUT2D eigenvalue weighted by Crippen LogP contribution is -2.19. The summed E-state index contributed by atoms with van der Waals surface area (Å²) in [4.78, 5) is 15.7. The number of para-hydroxylation sites is 2. The van der Waals surface area contributed by atoms with Gasteiger partial charge in [-0.25, -0.2) is 4.98 Å². The predicted octanol–water partition coefficient (Wildman–Crippen LogP) is 2.00. The third kappa shape index (κ3) is 1.86. The van der Waals surface area contributed by atoms with E-state index < -0.39 is 0 Å². The summed E-state index contributed by atoms with van der Waals surface area (Å²) in [6.07, 6.45) is 3.16. The fourth-order valence-electron chi connectivity index (χ4n) is 1.41. The minimum absolute atomic E-state index is 0.216. The van der Waals surface area contributed by atoms with E-state index in [0.717, 1.165) is 0 Å². The highest BCUT2D eigenvalue weighted by atomic mass is 79.9. The zero-order valence-electron chi connectivity index (χ0n) is 8.55. The van der Waals surface area contributed by atoms with Gasteiger partial charge in [-0.1, -0.05) is 12.1 Å². The first kappa shape index (κ1) is 10.9. The number of nitrogens with zero attached hydrogens (tertiary/aromatic N) is 2. The van der Waals surface area contributed by atoms with Gasteiger partial charge in [-0.05, 0) is 28.1 Å². The molecule has 0 aliphatic carbocycles. The smallest absolute Gasteiger partial charge is 0.288 e. The van der Waals surface area contributed by atoms with Crippen molar-refractivity contribution < 1.29 is 4.74 Å². The molecule has 0 amide bonds. The Kier molecular flexibility index (Phi) is 3.05. The van der Waals surface area contributed by atoms with Gasteiger partial charge in [-0.3, -0.25) is 9.36 Å². The van der Waals surface area contributed by atoms with Crippen molar-refractivity contribution in [2.24, 2.45) is 0 Å². The zero-order valence-corrected chi connectivity index (χ0v) is 10.1. The SMILES string of the molecule is COc1ccccc1-n1ccnc(Br)c1=O. The van der Waals surface area contributed by atoms with E-state index in [1.165, 1.54) is 4.57 Å². The molecule has 0 bridgehead atoms. The van der Waals surface area contributed by atoms with Crippen LogP contribution in [0.2, 0.25) is 0 Å². The first-order valence-corrected chi connectivity index (χ1v) is 5.40. The lowest BCUT2D eigenvalue weighted by molar-refractivity contribution is 0.412. The van der Waals surface area contributed by atoms with Gasteiger partial charge in [0.25, 0.3) is 5.56 Å². The molecule has 0 aliphatic rings. The molecule has 5 heteroatoms. The summed E-state index contributed by atoms with van der Waals surface area (Å²) in [6.45, 7) is 0. The van der Waals surface area contributed by atoms with Crippen molar-refractivity contribution in [1.29, 1.82) is 0 Å². The molecule has 16 heavy (non-hydrogen) atoms. The van der Waals surface area contributed by atoms with E-state index in [1.54, 1.807) is 25.6 Å². The van der Waals surface area contributed by atoms with Gasteiger partial charge in [0.05, 0.1) is 12.8 Å². The van der Waals surface area contributed by atoms with Crippen LogP contribution >= 0.6 is 15.9 Å². The number of halogens is 1. The standard InChI is InChI=1S/C11H9BrN2O2/c1-16-9-5-3-2-4-8(9)14-7-6-13-10(12)11(14)15/h2-7H,1H3. The molecule has 0 radical (unpaired) electrons. The molecule has 0 saturated heterocycles. The molecule has 2 rings (SSSR count). The summed E-state index contributed by atoms with van der Waals surface area (Å²) in [5, 5.41) is 0. The van der Waals surface area contributed by atoms with Crippen LogP contribution in [0.15, 0.2) is 46.1 Å². The van der Waals surface area contributed by atoms with Crippen molar-refractivity contribution in [1.82, 2.24) is 9.55 Å². The van der Waals surface area contributed by atoms with Crippen molar-refractivity contribution in [3.63, 3.8) is 0 Å². The first-order valence-electron chi connectivity index (χ1n) is 4.60. The number of benzene rings is 1. The number of hydrogen-bond acceptors (Lipinski definition) is 3. The van der Waals surface area contributed by atoms with Crippen LogP contribution < -0.4 is 10.3 Å². The molecule has 0 unspecified atom stereocenters. The van der Waals surface area contributed by atoms with E-state index in [0.29, 0.717) is 11.4 Å². The van der Waals surface area contributed by atoms with E-state index in [9.17, 15) is 4.79 Å². The molecular formula is C11H9BrN2O2. The van der Waals surface area contributed by atoms with E-state index in [1.807, 2.05) is 18.2 Å². The normalized spacial score (nSPS) is 10.1. The molecule has 2 aromatic rings. The molecule has 0 spiro atoms. The minimum atomic E-state index is -0.216. The largest absolute Gasteiger partial charge is 0.495 e. The van der Waals surface area contributed by atoms with Gasteiger partial charge >= 0.3 is 0 Å². The molecule has 1 aromatic carbocycles. The zero-order chi connectivity index (χ0) is 11.5. The Morgan fingerprint density at radius 2 is 2.12 bits per heavy atom. The molecule has 82 valence electrons. The number of rotatable bonds is 2. The topological polar surface area (TPSA) is 44.1 Å². The Morgan fingerprint density at radius 3 is 2.88 bits per heavy atom. The van der Waals surface area contributed by atoms with Crippen LogP contribution in [-0.4, -0.2) is 16.7 Å². The second-order valence-electron chi connectivity index (χ2n) is 3.07. The van der Waals surface area contributed by atoms with E-state index in [-0.39, 0.29) is 10.2 Å². The second-order valence-corrected chi connectivity index (χ2v) is 3.82. The number of aromatic nitrogens is 2. The van der Waals surface area contributed by atoms with Gasteiger partial charge in [-0.15, -0.1) is 0 Å². The third-order valence-electron chi connectivity index (χ3n) is 2.14. The molecule has 4 nitrogen and oxygen atoms in total. The van der Waals surface area contributed by atoms with E-state index >= 15 is 0 Å². The maximum atomic E-state index is 11.8. The summed E-state index contributed by atoms with van der Waals surface area (Å²) in [6, 6.07) is 7.31. The van der Waals surface area contributed by atoms with Crippen LogP contribution in [0, 0.1) is 0 Å². The van der Waals surface area contributed by atoms with Gasteiger partial charge in [-0.2, -0.15) is 0 Å². The summed E-state index contributed by atoms with van der Waals surface area (Å²) in [5.41, 5.74) is 0.477. The number of methoxy groups -OCH3 is 1. The lowest BCUT2D eigenvalue weighted by Gasteiger charge is -2.09. The van der Waals surface area contributed by atoms with Crippen LogP contribution in [0.3, 0.4) is 0 Å². The average Bonchev–Trinajstić information content (AvgIpc) is 2.33. The van der Waals surface area contributed by atoms with Gasteiger partial charge in [0.1, 0.15) is 5.75 Å². The summed E-state index contributed by atoms with van der Waals surface area (Å²) >= 11 is 3.10. The van der Waals surface area contributed by atoms with Crippen LogP contribution in [0.1, 0.15) is 0 Å². The Bertz CT molecular complexity index is 566. The van der Waals surface area contributed by atoms with Crippen molar-refractivity contribution in [2.75, 3.05) is 7.11 Å². The Labute approximate surface area is 101 Å². The van der Waals surface area contributed by atoms with Crippen LogP contribution in [-0.2, 0) is 0 Å². The molecule has 0 N–H and O–H groups in total. The molecule has 0 fully saturated rings. The maximum Gasteiger partial charge on any atom is 0.288 e. The molecule has 1 aromatic heterocycles. The fraction of sp³-hybridized carbons (Fsp3) is 0.0909. The Hall–Kier alpha value is -1.62. The monoisotopic (exact) mass is 280 g/mol. The summed E-state index contributed by atoms with van der Waals surface area (Å²) < 4.78 is 6.96. The lowest BCUT2D eigenvalue weighted by atomic mass is 10.3. The van der Waals surface area contributed by atoms with Gasteiger partial charge < -0.3 is 4.74 Å². The maximum absolute atomic E-state index is 11.8. The molecule has 0 atom stereocenters. The van der Waals surface area contributed by atoms with Crippen molar-refractivity contribution in [3.8, 4) is 11.4 Å². The number of ether oxygens (including phenoxy) is 1. The van der Waals surface area contributed by atoms with Crippen LogP contribution in [0.4, 0.5) is 0 Å². The van der Waals surface area contributed by atoms with Gasteiger partial charge in [0.2, 0.25) is 0 Å². The summed E-state index contributed by atoms with van der Waals surface area (Å²) in [7, 11) is 1.57. The average molecular weight is 281 g/mol. The quantitative estimate of drug-likeness (QED) is 0.845. The van der Waals surface area contributed by atoms with Gasteiger partial charge in [0.15, 0.2) is 4.60 Å². The molecule has 0 aliphatic heterocycles. The van der Waals surface area contributed by atoms with Crippen molar-refractivity contribution in [2.45, 2.75) is 0 Å². The highest BCUT2D eigenvalue weighted by Crippen LogP contribution is 2.20. The van der Waals surface area contributed by atoms with Crippen molar-refractivity contribution >= 4 is 15.9 Å². The van der Waals surface area contributed by atoms with Crippen LogP contribution in [0.25, 0.3) is 5.69 Å². The van der Waals surface area contributed by atoms with Crippen molar-refractivity contribution in [3.05, 3.63) is 51.6 Å². The Balaban J connectivity index is 2.68. The second kappa shape index (κ2) is 4.49. The highest BCUT2D eigenvalue weighted by Gasteiger charge is 2.07. The first-order chi connectivity index (χ1) is 7.74. The Morgan fingerprint density at radius 1 is 1.38 bits per heavy atom. The van der Waals surface area contributed by atoms with E-state index in [4.69, 9.17) is 4.74 Å². The van der Waals surface area contributed by atoms with E-state index in [2.05, 4.69) is 20.9 Å². The minimum Gasteiger partial charge on any atom is -0.495 e. The van der Waals surface area contributed by atoms with Gasteiger partial charge in [0, 0.05) is 12.4 Å². The summed E-state index contributed by atoms with van der Waals surface area (Å²) in [5.74, 6) is 0.641. The van der Waals surface area contributed by atoms with Crippen LogP contribution in [0.5, 0.6) is 5.75 Å². The number of hydrogen-bond donors (Lipinski definition) is 0.